The van der Waals surface area contributed by atoms with Crippen molar-refractivity contribution in [1.82, 2.24) is 0 Å². The van der Waals surface area contributed by atoms with Crippen molar-refractivity contribution in [2.24, 2.45) is 0 Å². The third-order valence-electron chi connectivity index (χ3n) is 0.805. The first-order valence-corrected chi connectivity index (χ1v) is 3.32. The molecule has 2 atom stereocenters. The van der Waals surface area contributed by atoms with E-state index in [4.69, 9.17) is 10.2 Å². The molecule has 0 aromatic heterocycles. The molecular formula is C4H8O4S3. The Balaban J connectivity index is 0. The number of carboxylic acid groups (broad SMARTS) is 2. The Hall–Kier alpha value is -0.0100. The molecule has 0 rings (SSSR count). The van der Waals surface area contributed by atoms with Gasteiger partial charge in [0.05, 0.1) is 0 Å². The Morgan fingerprint density at radius 2 is 1.18 bits per heavy atom. The van der Waals surface area contributed by atoms with Gasteiger partial charge in [0.2, 0.25) is 0 Å². The molecule has 0 amide bonds. The van der Waals surface area contributed by atoms with E-state index in [0.29, 0.717) is 0 Å². The van der Waals surface area contributed by atoms with Crippen LogP contribution in [0.2, 0.25) is 0 Å². The van der Waals surface area contributed by atoms with Crippen molar-refractivity contribution in [1.29, 1.82) is 0 Å². The normalized spacial score (nSPS) is 14.4. The van der Waals surface area contributed by atoms with Crippen LogP contribution in [0.5, 0.6) is 0 Å². The number of aliphatic carboxylic acids is 2. The van der Waals surface area contributed by atoms with Gasteiger partial charge < -0.3 is 10.2 Å². The van der Waals surface area contributed by atoms with Gasteiger partial charge in [0.1, 0.15) is 10.5 Å². The molecule has 0 spiro atoms. The molecule has 0 aromatic carbocycles. The van der Waals surface area contributed by atoms with Gasteiger partial charge in [-0.15, -0.1) is 0 Å². The van der Waals surface area contributed by atoms with Crippen molar-refractivity contribution in [3.05, 3.63) is 0 Å². The molecule has 7 heteroatoms. The minimum absolute atomic E-state index is 0. The summed E-state index contributed by atoms with van der Waals surface area (Å²) in [5, 5.41) is 13.9. The topological polar surface area (TPSA) is 74.6 Å². The van der Waals surface area contributed by atoms with Gasteiger partial charge in [0.15, 0.2) is 0 Å². The molecule has 66 valence electrons. The standard InChI is InChI=1S/C4H6O4S2.H2S/c5-3(6)1(9)2(10)4(7)8;/h1-2,9-10H,(H,5,6)(H,7,8);1H2. The zero-order valence-corrected chi connectivity index (χ0v) is 8.05. The number of hydrogen-bond acceptors (Lipinski definition) is 4. The van der Waals surface area contributed by atoms with E-state index in [9.17, 15) is 9.59 Å². The highest BCUT2D eigenvalue weighted by Crippen LogP contribution is 2.08. The zero-order chi connectivity index (χ0) is 8.31. The van der Waals surface area contributed by atoms with Crippen molar-refractivity contribution in [3.63, 3.8) is 0 Å². The van der Waals surface area contributed by atoms with Crippen molar-refractivity contribution in [2.45, 2.75) is 10.5 Å². The summed E-state index contributed by atoms with van der Waals surface area (Å²) in [5.41, 5.74) is 0. The van der Waals surface area contributed by atoms with E-state index in [2.05, 4.69) is 25.3 Å². The Morgan fingerprint density at radius 1 is 1.00 bits per heavy atom. The van der Waals surface area contributed by atoms with Gasteiger partial charge in [0.25, 0.3) is 0 Å². The van der Waals surface area contributed by atoms with Crippen LogP contribution in [0.25, 0.3) is 0 Å². The van der Waals surface area contributed by atoms with Crippen LogP contribution in [0.1, 0.15) is 0 Å². The smallest absolute Gasteiger partial charge is 0.318 e. The van der Waals surface area contributed by atoms with Gasteiger partial charge in [-0.25, -0.2) is 0 Å². The first-order valence-electron chi connectivity index (χ1n) is 2.28. The molecule has 0 aliphatic rings. The van der Waals surface area contributed by atoms with Crippen LogP contribution in [-0.4, -0.2) is 32.7 Å². The molecule has 4 nitrogen and oxygen atoms in total. The van der Waals surface area contributed by atoms with E-state index in [0.717, 1.165) is 0 Å². The van der Waals surface area contributed by atoms with E-state index < -0.39 is 22.4 Å². The minimum Gasteiger partial charge on any atom is -0.480 e. The molecule has 0 bridgehead atoms. The molecular weight excluding hydrogens is 208 g/mol. The van der Waals surface area contributed by atoms with Crippen LogP contribution in [0.3, 0.4) is 0 Å². The van der Waals surface area contributed by atoms with E-state index >= 15 is 0 Å². The van der Waals surface area contributed by atoms with Crippen LogP contribution in [0.4, 0.5) is 0 Å². The van der Waals surface area contributed by atoms with Crippen LogP contribution >= 0.6 is 38.8 Å². The fraction of sp³-hybridized carbons (Fsp3) is 0.500. The van der Waals surface area contributed by atoms with Crippen LogP contribution in [-0.2, 0) is 9.59 Å². The molecule has 2 N–H and O–H groups in total. The molecule has 0 aromatic rings. The summed E-state index contributed by atoms with van der Waals surface area (Å²) >= 11 is 7.00. The molecule has 0 aliphatic heterocycles. The SMILES string of the molecule is O=C(O)C(S)C(S)C(=O)O.S. The lowest BCUT2D eigenvalue weighted by molar-refractivity contribution is -0.142. The fourth-order valence-corrected chi connectivity index (χ4v) is 0.525. The van der Waals surface area contributed by atoms with E-state index in [1.54, 1.807) is 0 Å². The Morgan fingerprint density at radius 3 is 1.27 bits per heavy atom. The van der Waals surface area contributed by atoms with Crippen molar-refractivity contribution in [3.8, 4) is 0 Å². The second-order valence-corrected chi connectivity index (χ2v) is 2.68. The van der Waals surface area contributed by atoms with Gasteiger partial charge in [-0.05, 0) is 0 Å². The second-order valence-electron chi connectivity index (χ2n) is 1.57. The zero-order valence-electron chi connectivity index (χ0n) is 5.26. The highest BCUT2D eigenvalue weighted by molar-refractivity contribution is 7.86. The van der Waals surface area contributed by atoms with Crippen LogP contribution < -0.4 is 0 Å². The third kappa shape index (κ3) is 4.44. The fourth-order valence-electron chi connectivity index (χ4n) is 0.270. The Labute approximate surface area is 81.2 Å². The molecule has 0 saturated heterocycles. The van der Waals surface area contributed by atoms with Gasteiger partial charge in [-0.3, -0.25) is 9.59 Å². The molecule has 0 heterocycles. The highest BCUT2D eigenvalue weighted by atomic mass is 32.1. The number of carboxylic acids is 2. The monoisotopic (exact) mass is 216 g/mol. The maximum atomic E-state index is 10.1. The summed E-state index contributed by atoms with van der Waals surface area (Å²) in [4.78, 5) is 20.1. The second kappa shape index (κ2) is 5.62. The third-order valence-corrected chi connectivity index (χ3v) is 2.08. The molecule has 2 unspecified atom stereocenters. The first kappa shape index (κ1) is 13.6. The lowest BCUT2D eigenvalue weighted by atomic mass is 10.3. The Bertz CT molecular complexity index is 141. The summed E-state index contributed by atoms with van der Waals surface area (Å²) < 4.78 is 0. The predicted octanol–water partition coefficient (Wildman–Crippen LogP) is -0.135. The van der Waals surface area contributed by atoms with Gasteiger partial charge >= 0.3 is 11.9 Å². The number of carbonyl (C=O) groups is 2. The first-order chi connectivity index (χ1) is 4.46. The highest BCUT2D eigenvalue weighted by Gasteiger charge is 2.26. The van der Waals surface area contributed by atoms with Gasteiger partial charge in [-0.2, -0.15) is 38.8 Å². The summed E-state index contributed by atoms with van der Waals surface area (Å²) in [6.07, 6.45) is 0. The summed E-state index contributed by atoms with van der Waals surface area (Å²) in [6.45, 7) is 0. The summed E-state index contributed by atoms with van der Waals surface area (Å²) in [6, 6.07) is 0. The molecule has 0 radical (unpaired) electrons. The number of hydrogen-bond donors (Lipinski definition) is 4. The Kier molecular flexibility index (Phi) is 6.93. The van der Waals surface area contributed by atoms with Crippen LogP contribution in [0.15, 0.2) is 0 Å². The summed E-state index contributed by atoms with van der Waals surface area (Å²) in [7, 11) is 0. The maximum Gasteiger partial charge on any atom is 0.318 e. The maximum absolute atomic E-state index is 10.1. The molecule has 11 heavy (non-hydrogen) atoms. The molecule has 0 saturated carbocycles. The predicted molar refractivity (Wildman–Crippen MR) is 51.2 cm³/mol. The van der Waals surface area contributed by atoms with Gasteiger partial charge in [-0.1, -0.05) is 0 Å². The minimum atomic E-state index is -1.29. The van der Waals surface area contributed by atoms with E-state index in [1.165, 1.54) is 0 Å². The van der Waals surface area contributed by atoms with Crippen molar-refractivity contribution < 1.29 is 19.8 Å². The van der Waals surface area contributed by atoms with Crippen molar-refractivity contribution in [2.75, 3.05) is 0 Å². The molecule has 0 aliphatic carbocycles. The lowest BCUT2D eigenvalue weighted by Gasteiger charge is -2.07. The molecule has 0 fully saturated rings. The van der Waals surface area contributed by atoms with E-state index in [-0.39, 0.29) is 13.5 Å². The largest absolute Gasteiger partial charge is 0.480 e. The number of rotatable bonds is 3. The van der Waals surface area contributed by atoms with Gasteiger partial charge in [0, 0.05) is 0 Å². The van der Waals surface area contributed by atoms with Crippen LogP contribution in [0, 0.1) is 0 Å². The number of thiol groups is 2. The van der Waals surface area contributed by atoms with Crippen molar-refractivity contribution >= 4 is 50.7 Å². The lowest BCUT2D eigenvalue weighted by Crippen LogP contribution is -2.31. The average molecular weight is 216 g/mol. The average Bonchev–Trinajstić information content (AvgIpc) is 1.84. The summed E-state index contributed by atoms with van der Waals surface area (Å²) in [5.74, 6) is -2.57. The quantitative estimate of drug-likeness (QED) is 0.496. The van der Waals surface area contributed by atoms with E-state index in [1.807, 2.05) is 0 Å².